The maximum absolute atomic E-state index is 14.0. The third-order valence-electron chi connectivity index (χ3n) is 5.89. The number of hydrogen-bond donors (Lipinski definition) is 0. The molecule has 0 bridgehead atoms. The third-order valence-corrected chi connectivity index (χ3v) is 7.78. The van der Waals surface area contributed by atoms with Crippen LogP contribution in [0.1, 0.15) is 24.0 Å². The highest BCUT2D eigenvalue weighted by Crippen LogP contribution is 2.31. The van der Waals surface area contributed by atoms with Crippen LogP contribution in [0.15, 0.2) is 77.7 Å². The molecule has 3 aromatic carbocycles. The van der Waals surface area contributed by atoms with Gasteiger partial charge in [-0.1, -0.05) is 42.0 Å². The first kappa shape index (κ1) is 22.4. The summed E-state index contributed by atoms with van der Waals surface area (Å²) >= 11 is 0. The molecule has 3 aromatic rings. The van der Waals surface area contributed by atoms with Crippen LogP contribution in [0.5, 0.6) is 0 Å². The van der Waals surface area contributed by atoms with E-state index in [1.807, 2.05) is 37.3 Å². The zero-order valence-electron chi connectivity index (χ0n) is 17.9. The molecule has 1 aliphatic heterocycles. The number of likely N-dealkylation sites (tertiary alicyclic amines) is 1. The third kappa shape index (κ3) is 4.84. The number of piperidine rings is 1. The summed E-state index contributed by atoms with van der Waals surface area (Å²) in [6, 6.07) is 19.5. The fraction of sp³-hybridized carbons (Fsp3) is 0.280. The Morgan fingerprint density at radius 1 is 0.938 bits per heavy atom. The van der Waals surface area contributed by atoms with Gasteiger partial charge in [-0.15, -0.1) is 0 Å². The minimum absolute atomic E-state index is 0.210. The molecule has 0 radical (unpaired) electrons. The summed E-state index contributed by atoms with van der Waals surface area (Å²) < 4.78 is 56.0. The maximum Gasteiger partial charge on any atom is 0.264 e. The summed E-state index contributed by atoms with van der Waals surface area (Å²) in [5.41, 5.74) is 2.07. The Labute approximate surface area is 188 Å². The average Bonchev–Trinajstić information content (AvgIpc) is 2.78. The maximum atomic E-state index is 14.0. The largest absolute Gasteiger partial charge is 0.299 e. The normalized spacial score (nSPS) is 15.6. The molecule has 0 saturated carbocycles. The van der Waals surface area contributed by atoms with E-state index in [0.717, 1.165) is 11.6 Å². The summed E-state index contributed by atoms with van der Waals surface area (Å²) in [5, 5.41) is 0. The second-order valence-electron chi connectivity index (χ2n) is 8.19. The standard InChI is InChI=1S/C25H26F2N2O2S/c1-19-7-11-24(12-8-19)32(30,31)29(22-5-3-2-4-6-22)23-13-15-28(16-14-23)18-20-9-10-21(26)17-25(20)27/h2-12,17,23H,13-16,18H2,1H3. The minimum Gasteiger partial charge on any atom is -0.299 e. The highest BCUT2D eigenvalue weighted by Gasteiger charge is 2.34. The van der Waals surface area contributed by atoms with E-state index in [9.17, 15) is 17.2 Å². The smallest absolute Gasteiger partial charge is 0.264 e. The van der Waals surface area contributed by atoms with Crippen LogP contribution in [0.25, 0.3) is 0 Å². The van der Waals surface area contributed by atoms with Crippen molar-refractivity contribution >= 4 is 15.7 Å². The second kappa shape index (κ2) is 9.38. The van der Waals surface area contributed by atoms with Crippen LogP contribution in [0.2, 0.25) is 0 Å². The van der Waals surface area contributed by atoms with Crippen LogP contribution >= 0.6 is 0 Å². The molecule has 1 fully saturated rings. The van der Waals surface area contributed by atoms with E-state index >= 15 is 0 Å². The van der Waals surface area contributed by atoms with E-state index in [4.69, 9.17) is 0 Å². The molecule has 1 aliphatic rings. The number of aryl methyl sites for hydroxylation is 1. The molecular weight excluding hydrogens is 430 g/mol. The van der Waals surface area contributed by atoms with Crippen molar-refractivity contribution in [3.63, 3.8) is 0 Å². The molecule has 7 heteroatoms. The number of benzene rings is 3. The molecule has 0 N–H and O–H groups in total. The van der Waals surface area contributed by atoms with Crippen molar-refractivity contribution in [1.82, 2.24) is 4.90 Å². The first-order chi connectivity index (χ1) is 15.3. The van der Waals surface area contributed by atoms with Crippen molar-refractivity contribution in [2.45, 2.75) is 37.2 Å². The number of anilines is 1. The van der Waals surface area contributed by atoms with Crippen LogP contribution in [0.3, 0.4) is 0 Å². The molecule has 0 amide bonds. The van der Waals surface area contributed by atoms with Crippen LogP contribution in [0, 0.1) is 18.6 Å². The first-order valence-corrected chi connectivity index (χ1v) is 12.1. The zero-order chi connectivity index (χ0) is 22.7. The Bertz CT molecular complexity index is 1160. The number of sulfonamides is 1. The molecule has 1 heterocycles. The van der Waals surface area contributed by atoms with Crippen molar-refractivity contribution in [3.05, 3.63) is 95.6 Å². The fourth-order valence-corrected chi connectivity index (χ4v) is 5.86. The molecule has 0 unspecified atom stereocenters. The molecule has 0 aliphatic carbocycles. The molecule has 4 rings (SSSR count). The topological polar surface area (TPSA) is 40.6 Å². The van der Waals surface area contributed by atoms with Gasteiger partial charge in [-0.3, -0.25) is 9.21 Å². The Morgan fingerprint density at radius 3 is 2.22 bits per heavy atom. The van der Waals surface area contributed by atoms with E-state index in [0.29, 0.717) is 43.7 Å². The highest BCUT2D eigenvalue weighted by molar-refractivity contribution is 7.92. The van der Waals surface area contributed by atoms with Gasteiger partial charge in [-0.2, -0.15) is 0 Å². The number of para-hydroxylation sites is 1. The van der Waals surface area contributed by atoms with Gasteiger partial charge in [-0.25, -0.2) is 17.2 Å². The number of nitrogens with zero attached hydrogens (tertiary/aromatic N) is 2. The van der Waals surface area contributed by atoms with Crippen molar-refractivity contribution in [2.24, 2.45) is 0 Å². The Kier molecular flexibility index (Phi) is 6.58. The quantitative estimate of drug-likeness (QED) is 0.516. The highest BCUT2D eigenvalue weighted by atomic mass is 32.2. The van der Waals surface area contributed by atoms with Crippen LogP contribution in [-0.4, -0.2) is 32.4 Å². The van der Waals surface area contributed by atoms with Gasteiger partial charge in [0.25, 0.3) is 10.0 Å². The van der Waals surface area contributed by atoms with Gasteiger partial charge < -0.3 is 0 Å². The first-order valence-electron chi connectivity index (χ1n) is 10.7. The molecule has 4 nitrogen and oxygen atoms in total. The fourth-order valence-electron chi connectivity index (χ4n) is 4.15. The predicted octanol–water partition coefficient (Wildman–Crippen LogP) is 5.13. The Morgan fingerprint density at radius 2 is 1.59 bits per heavy atom. The summed E-state index contributed by atoms with van der Waals surface area (Å²) in [6.07, 6.45) is 1.23. The molecule has 168 valence electrons. The van der Waals surface area contributed by atoms with E-state index in [1.54, 1.807) is 24.3 Å². The number of rotatable bonds is 6. The molecule has 32 heavy (non-hydrogen) atoms. The lowest BCUT2D eigenvalue weighted by Crippen LogP contribution is -2.47. The van der Waals surface area contributed by atoms with Crippen molar-refractivity contribution in [2.75, 3.05) is 17.4 Å². The van der Waals surface area contributed by atoms with E-state index in [1.165, 1.54) is 16.4 Å². The van der Waals surface area contributed by atoms with Crippen molar-refractivity contribution < 1.29 is 17.2 Å². The number of halogens is 2. The zero-order valence-corrected chi connectivity index (χ0v) is 18.7. The lowest BCUT2D eigenvalue weighted by molar-refractivity contribution is 0.204. The van der Waals surface area contributed by atoms with E-state index in [2.05, 4.69) is 4.90 Å². The molecule has 1 saturated heterocycles. The van der Waals surface area contributed by atoms with Gasteiger partial charge in [0.1, 0.15) is 11.6 Å². The van der Waals surface area contributed by atoms with Gasteiger partial charge in [0.2, 0.25) is 0 Å². The average molecular weight is 457 g/mol. The Balaban J connectivity index is 1.55. The van der Waals surface area contributed by atoms with E-state index < -0.39 is 21.7 Å². The van der Waals surface area contributed by atoms with Crippen LogP contribution in [-0.2, 0) is 16.6 Å². The monoisotopic (exact) mass is 456 g/mol. The lowest BCUT2D eigenvalue weighted by Gasteiger charge is -2.39. The summed E-state index contributed by atoms with van der Waals surface area (Å²) in [4.78, 5) is 2.34. The molecule has 0 atom stereocenters. The van der Waals surface area contributed by atoms with Gasteiger partial charge in [0, 0.05) is 37.3 Å². The van der Waals surface area contributed by atoms with E-state index in [-0.39, 0.29) is 10.9 Å². The number of hydrogen-bond acceptors (Lipinski definition) is 3. The Hall–Kier alpha value is -2.77. The van der Waals surface area contributed by atoms with Crippen LogP contribution < -0.4 is 4.31 Å². The van der Waals surface area contributed by atoms with Gasteiger partial charge in [-0.05, 0) is 50.1 Å². The summed E-state index contributed by atoms with van der Waals surface area (Å²) in [6.45, 7) is 3.53. The van der Waals surface area contributed by atoms with Crippen molar-refractivity contribution in [1.29, 1.82) is 0 Å². The SMILES string of the molecule is Cc1ccc(S(=O)(=O)N(c2ccccc2)C2CCN(Cc3ccc(F)cc3F)CC2)cc1. The van der Waals surface area contributed by atoms with Gasteiger partial charge in [0.05, 0.1) is 10.6 Å². The lowest BCUT2D eigenvalue weighted by atomic mass is 10.0. The van der Waals surface area contributed by atoms with Gasteiger partial charge in [0.15, 0.2) is 0 Å². The summed E-state index contributed by atoms with van der Waals surface area (Å²) in [7, 11) is -3.75. The summed E-state index contributed by atoms with van der Waals surface area (Å²) in [5.74, 6) is -1.15. The minimum atomic E-state index is -3.75. The second-order valence-corrected chi connectivity index (χ2v) is 10.0. The van der Waals surface area contributed by atoms with Crippen LogP contribution in [0.4, 0.5) is 14.5 Å². The van der Waals surface area contributed by atoms with Crippen molar-refractivity contribution in [3.8, 4) is 0 Å². The molecular formula is C25H26F2N2O2S. The molecule has 0 spiro atoms. The van der Waals surface area contributed by atoms with Gasteiger partial charge >= 0.3 is 0 Å². The predicted molar refractivity (Wildman–Crippen MR) is 122 cm³/mol. The molecule has 0 aromatic heterocycles.